The van der Waals surface area contributed by atoms with Crippen molar-refractivity contribution in [3.05, 3.63) is 0 Å². The Balaban J connectivity index is 4.24. The van der Waals surface area contributed by atoms with E-state index >= 15 is 0 Å². The van der Waals surface area contributed by atoms with E-state index < -0.39 is 11.9 Å². The number of carbonyl (C=O) groups excluding carboxylic acids is 3. The van der Waals surface area contributed by atoms with Crippen molar-refractivity contribution < 1.29 is 14.4 Å². The average molecular weight is 264 g/mol. The number of nitrogens with zero attached hydrogens (tertiary/aromatic N) is 2. The lowest BCUT2D eigenvalue weighted by molar-refractivity contribution is -0.131. The molecule has 0 unspecified atom stereocenters. The highest BCUT2D eigenvalue weighted by molar-refractivity contribution is 6.28. The van der Waals surface area contributed by atoms with Gasteiger partial charge in [0, 0.05) is 20.1 Å². The second kappa shape index (κ2) is 7.89. The van der Waals surface area contributed by atoms with E-state index in [9.17, 15) is 14.4 Å². The van der Waals surface area contributed by atoms with Crippen molar-refractivity contribution in [2.75, 3.05) is 32.6 Å². The molecule has 0 aromatic rings. The van der Waals surface area contributed by atoms with E-state index in [1.54, 1.807) is 4.90 Å². The zero-order valence-electron chi connectivity index (χ0n) is 10.3. The van der Waals surface area contributed by atoms with Crippen LogP contribution in [0.4, 0.5) is 4.79 Å². The first-order valence-electron chi connectivity index (χ1n) is 5.34. The molecule has 17 heavy (non-hydrogen) atoms. The Morgan fingerprint density at radius 1 is 1.18 bits per heavy atom. The summed E-state index contributed by atoms with van der Waals surface area (Å²) in [5, 5.41) is 2.06. The smallest absolute Gasteiger partial charge is 0.324 e. The Morgan fingerprint density at radius 2 is 1.71 bits per heavy atom. The van der Waals surface area contributed by atoms with Crippen LogP contribution >= 0.6 is 11.6 Å². The molecule has 0 saturated heterocycles. The topological polar surface area (TPSA) is 69.7 Å². The van der Waals surface area contributed by atoms with E-state index in [2.05, 4.69) is 5.32 Å². The molecule has 1 N–H and O–H groups in total. The maximum absolute atomic E-state index is 11.7. The molecule has 0 aliphatic heterocycles. The zero-order chi connectivity index (χ0) is 13.4. The molecular formula is C10H18ClN3O3. The fourth-order valence-electron chi connectivity index (χ4n) is 1.20. The second-order valence-electron chi connectivity index (χ2n) is 3.41. The Morgan fingerprint density at radius 3 is 2.12 bits per heavy atom. The number of amides is 4. The van der Waals surface area contributed by atoms with E-state index in [0.29, 0.717) is 13.1 Å². The molecule has 0 radical (unpaired) electrons. The van der Waals surface area contributed by atoms with Crippen molar-refractivity contribution in [3.63, 3.8) is 0 Å². The summed E-state index contributed by atoms with van der Waals surface area (Å²) in [4.78, 5) is 36.7. The van der Waals surface area contributed by atoms with Crippen molar-refractivity contribution in [2.24, 2.45) is 0 Å². The maximum Gasteiger partial charge on any atom is 0.324 e. The lowest BCUT2D eigenvalue weighted by Crippen LogP contribution is -2.46. The van der Waals surface area contributed by atoms with Gasteiger partial charge in [0.1, 0.15) is 12.4 Å². The number of imide groups is 1. The third-order valence-electron chi connectivity index (χ3n) is 2.20. The summed E-state index contributed by atoms with van der Waals surface area (Å²) in [6.45, 7) is 4.83. The minimum Gasteiger partial charge on any atom is -0.342 e. The fourth-order valence-corrected chi connectivity index (χ4v) is 1.27. The Labute approximate surface area is 106 Å². The lowest BCUT2D eigenvalue weighted by Gasteiger charge is -2.23. The van der Waals surface area contributed by atoms with E-state index in [-0.39, 0.29) is 18.3 Å². The van der Waals surface area contributed by atoms with Crippen LogP contribution in [-0.4, -0.2) is 60.2 Å². The number of urea groups is 1. The first kappa shape index (κ1) is 15.7. The summed E-state index contributed by atoms with van der Waals surface area (Å²) in [5.74, 6) is -1.03. The first-order valence-corrected chi connectivity index (χ1v) is 5.88. The second-order valence-corrected chi connectivity index (χ2v) is 3.68. The van der Waals surface area contributed by atoms with Gasteiger partial charge in [-0.1, -0.05) is 0 Å². The van der Waals surface area contributed by atoms with Gasteiger partial charge in [0.2, 0.25) is 11.8 Å². The predicted molar refractivity (Wildman–Crippen MR) is 64.8 cm³/mol. The maximum atomic E-state index is 11.7. The number of alkyl halides is 1. The van der Waals surface area contributed by atoms with Crippen LogP contribution in [0.1, 0.15) is 13.8 Å². The molecule has 7 heteroatoms. The molecule has 0 aliphatic rings. The van der Waals surface area contributed by atoms with Crippen LogP contribution in [0.2, 0.25) is 0 Å². The number of nitrogens with one attached hydrogen (secondary N) is 1. The van der Waals surface area contributed by atoms with Gasteiger partial charge < -0.3 is 9.80 Å². The summed E-state index contributed by atoms with van der Waals surface area (Å²) in [7, 11) is 1.44. The molecule has 4 amide bonds. The molecule has 0 atom stereocenters. The summed E-state index contributed by atoms with van der Waals surface area (Å²) in [6, 6.07) is -0.629. The number of rotatable bonds is 5. The summed E-state index contributed by atoms with van der Waals surface area (Å²) >= 11 is 5.24. The molecule has 0 aliphatic carbocycles. The lowest BCUT2D eigenvalue weighted by atomic mass is 10.4. The van der Waals surface area contributed by atoms with Crippen molar-refractivity contribution >= 4 is 29.4 Å². The van der Waals surface area contributed by atoms with Crippen LogP contribution in [0, 0.1) is 0 Å². The molecule has 0 rings (SSSR count). The number of likely N-dealkylation sites (N-methyl/N-ethyl adjacent to an activating group) is 2. The molecule has 0 aromatic heterocycles. The van der Waals surface area contributed by atoms with Crippen LogP contribution < -0.4 is 5.32 Å². The van der Waals surface area contributed by atoms with Crippen molar-refractivity contribution in [1.29, 1.82) is 0 Å². The van der Waals surface area contributed by atoms with Crippen molar-refractivity contribution in [3.8, 4) is 0 Å². The quantitative estimate of drug-likeness (QED) is 0.724. The van der Waals surface area contributed by atoms with Gasteiger partial charge in [-0.05, 0) is 13.8 Å². The standard InChI is InChI=1S/C10H18ClN3O3/c1-4-14(5-2)9(16)7-13(3)10(17)12-8(15)6-11/h4-7H2,1-3H3,(H,12,15,17). The Bertz CT molecular complexity index is 293. The highest BCUT2D eigenvalue weighted by atomic mass is 35.5. The van der Waals surface area contributed by atoms with E-state index in [0.717, 1.165) is 4.90 Å². The van der Waals surface area contributed by atoms with E-state index in [1.807, 2.05) is 13.8 Å². The number of hydrogen-bond donors (Lipinski definition) is 1. The molecule has 0 fully saturated rings. The van der Waals surface area contributed by atoms with Gasteiger partial charge in [0.25, 0.3) is 0 Å². The summed E-state index contributed by atoms with van der Waals surface area (Å²) in [5.41, 5.74) is 0. The third kappa shape index (κ3) is 5.53. The van der Waals surface area contributed by atoms with E-state index in [1.165, 1.54) is 7.05 Å². The van der Waals surface area contributed by atoms with Crippen LogP contribution in [0.25, 0.3) is 0 Å². The normalized spacial score (nSPS) is 9.65. The predicted octanol–water partition coefficient (Wildman–Crippen LogP) is 0.262. The Kier molecular flexibility index (Phi) is 7.29. The van der Waals surface area contributed by atoms with Crippen molar-refractivity contribution in [1.82, 2.24) is 15.1 Å². The van der Waals surface area contributed by atoms with Crippen LogP contribution in [0.3, 0.4) is 0 Å². The van der Waals surface area contributed by atoms with Gasteiger partial charge in [-0.3, -0.25) is 14.9 Å². The molecule has 0 spiro atoms. The SMILES string of the molecule is CCN(CC)C(=O)CN(C)C(=O)NC(=O)CCl. The molecular weight excluding hydrogens is 246 g/mol. The fraction of sp³-hybridized carbons (Fsp3) is 0.700. The molecule has 98 valence electrons. The highest BCUT2D eigenvalue weighted by Crippen LogP contribution is 1.93. The van der Waals surface area contributed by atoms with Crippen LogP contribution in [-0.2, 0) is 9.59 Å². The number of halogens is 1. The molecule has 6 nitrogen and oxygen atoms in total. The zero-order valence-corrected chi connectivity index (χ0v) is 11.1. The number of carbonyl (C=O) groups is 3. The minimum absolute atomic E-state index is 0.0664. The molecule has 0 heterocycles. The van der Waals surface area contributed by atoms with Crippen LogP contribution in [0.15, 0.2) is 0 Å². The highest BCUT2D eigenvalue weighted by Gasteiger charge is 2.17. The third-order valence-corrected chi connectivity index (χ3v) is 2.45. The van der Waals surface area contributed by atoms with Crippen molar-refractivity contribution in [2.45, 2.75) is 13.8 Å². The van der Waals surface area contributed by atoms with Gasteiger partial charge in [0.05, 0.1) is 0 Å². The summed E-state index contributed by atoms with van der Waals surface area (Å²) < 4.78 is 0. The Hall–Kier alpha value is -1.30. The van der Waals surface area contributed by atoms with Gasteiger partial charge >= 0.3 is 6.03 Å². The average Bonchev–Trinajstić information content (AvgIpc) is 2.30. The van der Waals surface area contributed by atoms with Crippen LogP contribution in [0.5, 0.6) is 0 Å². The van der Waals surface area contributed by atoms with E-state index in [4.69, 9.17) is 11.6 Å². The number of hydrogen-bond acceptors (Lipinski definition) is 3. The largest absolute Gasteiger partial charge is 0.342 e. The monoisotopic (exact) mass is 263 g/mol. The molecule has 0 saturated carbocycles. The van der Waals surface area contributed by atoms with Gasteiger partial charge in [-0.2, -0.15) is 0 Å². The molecule has 0 aromatic carbocycles. The first-order chi connectivity index (χ1) is 7.96. The van der Waals surface area contributed by atoms with Gasteiger partial charge in [-0.25, -0.2) is 4.79 Å². The summed E-state index contributed by atoms with van der Waals surface area (Å²) in [6.07, 6.45) is 0. The van der Waals surface area contributed by atoms with Gasteiger partial charge in [0.15, 0.2) is 0 Å². The van der Waals surface area contributed by atoms with Gasteiger partial charge in [-0.15, -0.1) is 11.6 Å². The molecule has 0 bridgehead atoms. The minimum atomic E-state index is -0.629.